The maximum atomic E-state index is 6.18. The highest BCUT2D eigenvalue weighted by Crippen LogP contribution is 2.27. The maximum Gasteiger partial charge on any atom is 0.0446 e. The van der Waals surface area contributed by atoms with E-state index in [0.29, 0.717) is 6.04 Å². The first-order valence-electron chi connectivity index (χ1n) is 7.40. The van der Waals surface area contributed by atoms with E-state index in [4.69, 9.17) is 11.6 Å². The summed E-state index contributed by atoms with van der Waals surface area (Å²) in [6.07, 6.45) is 1.16. The Kier molecular flexibility index (Phi) is 6.62. The van der Waals surface area contributed by atoms with E-state index in [-0.39, 0.29) is 0 Å². The lowest BCUT2D eigenvalue weighted by Crippen LogP contribution is -2.19. The Morgan fingerprint density at radius 1 is 1.10 bits per heavy atom. The second-order valence-electron chi connectivity index (χ2n) is 5.12. The second kappa shape index (κ2) is 8.47. The highest BCUT2D eigenvalue weighted by atomic mass is 35.5. The minimum atomic E-state index is 0.410. The summed E-state index contributed by atoms with van der Waals surface area (Å²) in [7, 11) is 0. The fraction of sp³-hybridized carbons (Fsp3) is 0.333. The molecule has 2 aromatic carbocycles. The summed E-state index contributed by atoms with van der Waals surface area (Å²) >= 11 is 8.01. The van der Waals surface area contributed by atoms with Gasteiger partial charge in [-0.1, -0.05) is 48.9 Å². The molecule has 1 N–H and O–H groups in total. The summed E-state index contributed by atoms with van der Waals surface area (Å²) in [6.45, 7) is 5.46. The van der Waals surface area contributed by atoms with Crippen molar-refractivity contribution in [3.05, 3.63) is 64.7 Å². The summed E-state index contributed by atoms with van der Waals surface area (Å²) in [6, 6.07) is 17.3. The predicted molar refractivity (Wildman–Crippen MR) is 94.2 cm³/mol. The summed E-state index contributed by atoms with van der Waals surface area (Å²) in [5.74, 6) is 0.905. The molecule has 3 heteroatoms. The summed E-state index contributed by atoms with van der Waals surface area (Å²) < 4.78 is 0. The van der Waals surface area contributed by atoms with Crippen LogP contribution in [0.5, 0.6) is 0 Å². The molecular weight excluding hydrogens is 298 g/mol. The predicted octanol–water partition coefficient (Wildman–Crippen LogP) is 5.69. The molecule has 0 spiro atoms. The fourth-order valence-corrected chi connectivity index (χ4v) is 3.29. The van der Waals surface area contributed by atoms with Crippen LogP contribution in [-0.2, 0) is 5.75 Å². The molecular formula is C18H22ClNS. The lowest BCUT2D eigenvalue weighted by atomic mass is 10.1. The maximum absolute atomic E-state index is 6.18. The number of rotatable bonds is 7. The van der Waals surface area contributed by atoms with Crippen molar-refractivity contribution in [3.63, 3.8) is 0 Å². The molecule has 21 heavy (non-hydrogen) atoms. The number of halogens is 1. The number of thioether (sulfide) groups is 1. The van der Waals surface area contributed by atoms with Gasteiger partial charge in [0.25, 0.3) is 0 Å². The van der Waals surface area contributed by atoms with Gasteiger partial charge in [0.1, 0.15) is 0 Å². The smallest absolute Gasteiger partial charge is 0.0446 e. The van der Waals surface area contributed by atoms with Gasteiger partial charge in [-0.05, 0) is 49.2 Å². The van der Waals surface area contributed by atoms with Crippen LogP contribution in [0.15, 0.2) is 53.4 Å². The third kappa shape index (κ3) is 5.06. The molecule has 0 saturated carbocycles. The van der Waals surface area contributed by atoms with Crippen LogP contribution in [0.1, 0.15) is 37.4 Å². The largest absolute Gasteiger partial charge is 0.310 e. The third-order valence-electron chi connectivity index (χ3n) is 3.43. The van der Waals surface area contributed by atoms with Crippen molar-refractivity contribution in [2.24, 2.45) is 0 Å². The van der Waals surface area contributed by atoms with Crippen LogP contribution in [0.25, 0.3) is 0 Å². The zero-order valence-corrected chi connectivity index (χ0v) is 14.2. The Morgan fingerprint density at radius 3 is 2.48 bits per heavy atom. The Morgan fingerprint density at radius 2 is 1.81 bits per heavy atom. The summed E-state index contributed by atoms with van der Waals surface area (Å²) in [4.78, 5) is 1.28. The number of hydrogen-bond acceptors (Lipinski definition) is 2. The molecule has 2 aromatic rings. The molecule has 1 unspecified atom stereocenters. The van der Waals surface area contributed by atoms with Crippen LogP contribution < -0.4 is 5.32 Å². The molecule has 1 atom stereocenters. The van der Waals surface area contributed by atoms with Crippen molar-refractivity contribution in [3.8, 4) is 0 Å². The molecule has 0 fully saturated rings. The van der Waals surface area contributed by atoms with Crippen LogP contribution >= 0.6 is 23.4 Å². The Hall–Kier alpha value is -0.960. The van der Waals surface area contributed by atoms with Crippen LogP contribution in [-0.4, -0.2) is 6.54 Å². The molecule has 0 radical (unpaired) electrons. The van der Waals surface area contributed by atoms with E-state index >= 15 is 0 Å². The Labute approximate surface area is 137 Å². The number of nitrogens with one attached hydrogen (secondary N) is 1. The van der Waals surface area contributed by atoms with Gasteiger partial charge in [-0.25, -0.2) is 0 Å². The van der Waals surface area contributed by atoms with Crippen LogP contribution in [0, 0.1) is 0 Å². The van der Waals surface area contributed by atoms with Gasteiger partial charge in [0, 0.05) is 21.7 Å². The average molecular weight is 320 g/mol. The van der Waals surface area contributed by atoms with E-state index in [1.165, 1.54) is 16.0 Å². The third-order valence-corrected chi connectivity index (χ3v) is 4.86. The highest BCUT2D eigenvalue weighted by molar-refractivity contribution is 7.98. The second-order valence-corrected chi connectivity index (χ2v) is 6.58. The minimum Gasteiger partial charge on any atom is -0.310 e. The normalized spacial score (nSPS) is 12.3. The van der Waals surface area contributed by atoms with Crippen molar-refractivity contribution in [2.75, 3.05) is 6.54 Å². The summed E-state index contributed by atoms with van der Waals surface area (Å²) in [5.41, 5.74) is 2.52. The van der Waals surface area contributed by atoms with Gasteiger partial charge in [-0.3, -0.25) is 0 Å². The molecule has 1 nitrogen and oxygen atoms in total. The van der Waals surface area contributed by atoms with Gasteiger partial charge in [0.05, 0.1) is 0 Å². The lowest BCUT2D eigenvalue weighted by molar-refractivity contribution is 0.570. The van der Waals surface area contributed by atoms with E-state index in [1.54, 1.807) is 0 Å². The zero-order valence-electron chi connectivity index (χ0n) is 12.6. The highest BCUT2D eigenvalue weighted by Gasteiger charge is 2.05. The molecule has 0 amide bonds. The zero-order chi connectivity index (χ0) is 15.1. The van der Waals surface area contributed by atoms with E-state index < -0.39 is 0 Å². The standard InChI is InChI=1S/C18H22ClNS/c1-3-12-20-14(2)15-8-10-17(11-9-15)21-13-16-6-4-5-7-18(16)19/h4-11,14,20H,3,12-13H2,1-2H3. The van der Waals surface area contributed by atoms with Crippen molar-refractivity contribution in [1.82, 2.24) is 5.32 Å². The SMILES string of the molecule is CCCNC(C)c1ccc(SCc2ccccc2Cl)cc1. The van der Waals surface area contributed by atoms with Crippen molar-refractivity contribution in [2.45, 2.75) is 37.0 Å². The molecule has 0 aromatic heterocycles. The lowest BCUT2D eigenvalue weighted by Gasteiger charge is -2.14. The van der Waals surface area contributed by atoms with Gasteiger partial charge < -0.3 is 5.32 Å². The first-order chi connectivity index (χ1) is 10.2. The van der Waals surface area contributed by atoms with E-state index in [0.717, 1.165) is 23.7 Å². The van der Waals surface area contributed by atoms with Crippen molar-refractivity contribution >= 4 is 23.4 Å². The summed E-state index contributed by atoms with van der Waals surface area (Å²) in [5, 5.41) is 4.36. The topological polar surface area (TPSA) is 12.0 Å². The quantitative estimate of drug-likeness (QED) is 0.658. The van der Waals surface area contributed by atoms with E-state index in [2.05, 4.69) is 49.5 Å². The molecule has 112 valence electrons. The number of benzene rings is 2. The molecule has 0 saturated heterocycles. The van der Waals surface area contributed by atoms with Crippen LogP contribution in [0.3, 0.4) is 0 Å². The van der Waals surface area contributed by atoms with Crippen molar-refractivity contribution in [1.29, 1.82) is 0 Å². The first-order valence-corrected chi connectivity index (χ1v) is 8.76. The van der Waals surface area contributed by atoms with E-state index in [1.807, 2.05) is 30.0 Å². The van der Waals surface area contributed by atoms with Gasteiger partial charge >= 0.3 is 0 Å². The van der Waals surface area contributed by atoms with Gasteiger partial charge in [-0.2, -0.15) is 0 Å². The van der Waals surface area contributed by atoms with Crippen LogP contribution in [0.4, 0.5) is 0 Å². The molecule has 0 aliphatic rings. The van der Waals surface area contributed by atoms with Gasteiger partial charge in [0.2, 0.25) is 0 Å². The molecule has 0 heterocycles. The van der Waals surface area contributed by atoms with Gasteiger partial charge in [-0.15, -0.1) is 11.8 Å². The average Bonchev–Trinajstić information content (AvgIpc) is 2.52. The number of hydrogen-bond donors (Lipinski definition) is 1. The van der Waals surface area contributed by atoms with Crippen molar-refractivity contribution < 1.29 is 0 Å². The first kappa shape index (κ1) is 16.4. The monoisotopic (exact) mass is 319 g/mol. The van der Waals surface area contributed by atoms with Gasteiger partial charge in [0.15, 0.2) is 0 Å². The minimum absolute atomic E-state index is 0.410. The molecule has 0 aliphatic heterocycles. The molecule has 0 aliphatic carbocycles. The molecule has 0 bridgehead atoms. The van der Waals surface area contributed by atoms with Crippen LogP contribution in [0.2, 0.25) is 5.02 Å². The Bertz CT molecular complexity index is 553. The Balaban J connectivity index is 1.92. The molecule has 2 rings (SSSR count). The fourth-order valence-electron chi connectivity index (χ4n) is 2.11. The van der Waals surface area contributed by atoms with E-state index in [9.17, 15) is 0 Å².